The van der Waals surface area contributed by atoms with E-state index in [2.05, 4.69) is 20.8 Å². The molecule has 2 nitrogen and oxygen atoms in total. The fourth-order valence-corrected chi connectivity index (χ4v) is 2.82. The number of hydrogen-bond donors (Lipinski definition) is 1. The summed E-state index contributed by atoms with van der Waals surface area (Å²) in [4.78, 5) is 4.74. The van der Waals surface area contributed by atoms with Crippen LogP contribution in [-0.4, -0.2) is 11.9 Å². The molecule has 0 saturated heterocycles. The Bertz CT molecular complexity index is 213. The minimum absolute atomic E-state index is 0.400. The minimum atomic E-state index is 0.400. The maximum Gasteiger partial charge on any atom is 0.0971 e. The molecule has 1 unspecified atom stereocenters. The van der Waals surface area contributed by atoms with Crippen molar-refractivity contribution in [2.24, 2.45) is 22.6 Å². The van der Waals surface area contributed by atoms with Gasteiger partial charge in [-0.3, -0.25) is 4.99 Å². The van der Waals surface area contributed by atoms with Crippen LogP contribution in [0.25, 0.3) is 0 Å². The van der Waals surface area contributed by atoms with Gasteiger partial charge in [-0.15, -0.1) is 0 Å². The third-order valence-corrected chi connectivity index (χ3v) is 4.11. The smallest absolute Gasteiger partial charge is 0.0971 e. The summed E-state index contributed by atoms with van der Waals surface area (Å²) in [5, 5.41) is 0. The second-order valence-electron chi connectivity index (χ2n) is 5.21. The second kappa shape index (κ2) is 6.93. The zero-order chi connectivity index (χ0) is 12.0. The van der Waals surface area contributed by atoms with Crippen LogP contribution in [0.5, 0.6) is 0 Å². The fourth-order valence-electron chi connectivity index (χ4n) is 2.82. The predicted molar refractivity (Wildman–Crippen MR) is 71.7 cm³/mol. The van der Waals surface area contributed by atoms with Crippen LogP contribution in [0.1, 0.15) is 65.7 Å². The lowest BCUT2D eigenvalue weighted by atomic mass is 9.88. The molecule has 0 spiro atoms. The number of aliphatic imine (C=N–C) groups is 1. The van der Waals surface area contributed by atoms with Crippen LogP contribution in [0.15, 0.2) is 4.99 Å². The third-order valence-electron chi connectivity index (χ3n) is 4.11. The van der Waals surface area contributed by atoms with E-state index in [9.17, 15) is 0 Å². The van der Waals surface area contributed by atoms with Crippen LogP contribution >= 0.6 is 0 Å². The standard InChI is InChI=1S/C14H28N2/c1-4-12(5-2)11(3)16-14(15)13-9-7-6-8-10-13/h11-13H,4-10H2,1-3H3,(H2,15,16). The van der Waals surface area contributed by atoms with Gasteiger partial charge in [0.2, 0.25) is 0 Å². The molecule has 1 aliphatic carbocycles. The highest BCUT2D eigenvalue weighted by molar-refractivity contribution is 5.83. The van der Waals surface area contributed by atoms with E-state index in [1.54, 1.807) is 0 Å². The van der Waals surface area contributed by atoms with Crippen LogP contribution in [0.3, 0.4) is 0 Å². The van der Waals surface area contributed by atoms with Gasteiger partial charge in [0.15, 0.2) is 0 Å². The monoisotopic (exact) mass is 224 g/mol. The number of rotatable bonds is 5. The molecule has 0 heterocycles. The number of nitrogens with two attached hydrogens (primary N) is 1. The molecule has 1 rings (SSSR count). The maximum absolute atomic E-state index is 6.15. The topological polar surface area (TPSA) is 38.4 Å². The third kappa shape index (κ3) is 3.80. The van der Waals surface area contributed by atoms with Crippen molar-refractivity contribution in [3.05, 3.63) is 0 Å². The van der Waals surface area contributed by atoms with Gasteiger partial charge < -0.3 is 5.73 Å². The summed E-state index contributed by atoms with van der Waals surface area (Å²) in [6, 6.07) is 0.400. The van der Waals surface area contributed by atoms with E-state index in [0.29, 0.717) is 17.9 Å². The zero-order valence-electron chi connectivity index (χ0n) is 11.2. The number of hydrogen-bond acceptors (Lipinski definition) is 1. The first-order valence-electron chi connectivity index (χ1n) is 7.02. The highest BCUT2D eigenvalue weighted by atomic mass is 14.9. The van der Waals surface area contributed by atoms with Gasteiger partial charge in [-0.25, -0.2) is 0 Å². The van der Waals surface area contributed by atoms with Crippen molar-refractivity contribution in [3.63, 3.8) is 0 Å². The first-order chi connectivity index (χ1) is 7.69. The Hall–Kier alpha value is -0.530. The second-order valence-corrected chi connectivity index (χ2v) is 5.21. The van der Waals surface area contributed by atoms with Crippen molar-refractivity contribution >= 4 is 5.84 Å². The molecule has 0 aromatic heterocycles. The number of nitrogens with zero attached hydrogens (tertiary/aromatic N) is 1. The molecule has 1 saturated carbocycles. The molecular formula is C14H28N2. The van der Waals surface area contributed by atoms with E-state index >= 15 is 0 Å². The molecule has 94 valence electrons. The van der Waals surface area contributed by atoms with Gasteiger partial charge in [-0.05, 0) is 25.7 Å². The molecule has 0 aromatic carbocycles. The molecule has 0 bridgehead atoms. The van der Waals surface area contributed by atoms with E-state index in [-0.39, 0.29) is 0 Å². The summed E-state index contributed by atoms with van der Waals surface area (Å²) in [5.41, 5.74) is 6.15. The lowest BCUT2D eigenvalue weighted by Crippen LogP contribution is -2.28. The fraction of sp³-hybridized carbons (Fsp3) is 0.929. The molecule has 1 atom stereocenters. The maximum atomic E-state index is 6.15. The van der Waals surface area contributed by atoms with Crippen LogP contribution in [-0.2, 0) is 0 Å². The van der Waals surface area contributed by atoms with Gasteiger partial charge in [0, 0.05) is 5.92 Å². The average molecular weight is 224 g/mol. The Morgan fingerprint density at radius 1 is 1.19 bits per heavy atom. The van der Waals surface area contributed by atoms with E-state index in [1.165, 1.54) is 44.9 Å². The summed E-state index contributed by atoms with van der Waals surface area (Å²) in [6.45, 7) is 6.71. The first-order valence-corrected chi connectivity index (χ1v) is 7.02. The van der Waals surface area contributed by atoms with Gasteiger partial charge in [-0.2, -0.15) is 0 Å². The van der Waals surface area contributed by atoms with Gasteiger partial charge in [0.05, 0.1) is 11.9 Å². The van der Waals surface area contributed by atoms with Gasteiger partial charge in [0.1, 0.15) is 0 Å². The minimum Gasteiger partial charge on any atom is -0.387 e. The predicted octanol–water partition coefficient (Wildman–Crippen LogP) is 3.75. The molecule has 0 amide bonds. The van der Waals surface area contributed by atoms with Crippen molar-refractivity contribution in [1.29, 1.82) is 0 Å². The Morgan fingerprint density at radius 2 is 1.75 bits per heavy atom. The molecule has 1 aliphatic rings. The summed E-state index contributed by atoms with van der Waals surface area (Å²) in [6.07, 6.45) is 8.97. The highest BCUT2D eigenvalue weighted by Crippen LogP contribution is 2.24. The van der Waals surface area contributed by atoms with Gasteiger partial charge in [-0.1, -0.05) is 46.0 Å². The van der Waals surface area contributed by atoms with Gasteiger partial charge >= 0.3 is 0 Å². The summed E-state index contributed by atoms with van der Waals surface area (Å²) < 4.78 is 0. The molecule has 2 N–H and O–H groups in total. The van der Waals surface area contributed by atoms with Crippen molar-refractivity contribution < 1.29 is 0 Å². The van der Waals surface area contributed by atoms with Crippen molar-refractivity contribution in [2.45, 2.75) is 71.8 Å². The number of amidine groups is 1. The molecule has 0 aromatic rings. The van der Waals surface area contributed by atoms with Crippen LogP contribution < -0.4 is 5.73 Å². The molecule has 0 aliphatic heterocycles. The van der Waals surface area contributed by atoms with E-state index < -0.39 is 0 Å². The SMILES string of the molecule is CCC(CC)C(C)N=C(N)C1CCCCC1. The van der Waals surface area contributed by atoms with Crippen LogP contribution in [0.4, 0.5) is 0 Å². The highest BCUT2D eigenvalue weighted by Gasteiger charge is 2.19. The van der Waals surface area contributed by atoms with E-state index in [1.807, 2.05) is 0 Å². The lowest BCUT2D eigenvalue weighted by Gasteiger charge is -2.24. The molecule has 0 radical (unpaired) electrons. The molecular weight excluding hydrogens is 196 g/mol. The summed E-state index contributed by atoms with van der Waals surface area (Å²) >= 11 is 0. The molecule has 16 heavy (non-hydrogen) atoms. The summed E-state index contributed by atoms with van der Waals surface area (Å²) in [5.74, 6) is 2.20. The van der Waals surface area contributed by atoms with E-state index in [4.69, 9.17) is 10.7 Å². The van der Waals surface area contributed by atoms with E-state index in [0.717, 1.165) is 5.84 Å². The van der Waals surface area contributed by atoms with Crippen molar-refractivity contribution in [3.8, 4) is 0 Å². The average Bonchev–Trinajstić information content (AvgIpc) is 2.31. The quantitative estimate of drug-likeness (QED) is 0.560. The Labute approximate surface area is 101 Å². The normalized spacial score (nSPS) is 21.4. The van der Waals surface area contributed by atoms with Crippen molar-refractivity contribution in [1.82, 2.24) is 0 Å². The Balaban J connectivity index is 2.52. The van der Waals surface area contributed by atoms with Crippen LogP contribution in [0.2, 0.25) is 0 Å². The van der Waals surface area contributed by atoms with Crippen LogP contribution in [0, 0.1) is 11.8 Å². The lowest BCUT2D eigenvalue weighted by molar-refractivity contribution is 0.406. The molecule has 2 heteroatoms. The Morgan fingerprint density at radius 3 is 2.25 bits per heavy atom. The Kier molecular flexibility index (Phi) is 5.86. The molecule has 1 fully saturated rings. The zero-order valence-corrected chi connectivity index (χ0v) is 11.2. The largest absolute Gasteiger partial charge is 0.387 e. The van der Waals surface area contributed by atoms with Gasteiger partial charge in [0.25, 0.3) is 0 Å². The van der Waals surface area contributed by atoms with Crippen molar-refractivity contribution in [2.75, 3.05) is 0 Å². The summed E-state index contributed by atoms with van der Waals surface area (Å²) in [7, 11) is 0. The first kappa shape index (κ1) is 13.5.